The van der Waals surface area contributed by atoms with E-state index in [1.165, 1.54) is 31.2 Å². The molecule has 0 N–H and O–H groups in total. The summed E-state index contributed by atoms with van der Waals surface area (Å²) in [6.07, 6.45) is 5.88. The van der Waals surface area contributed by atoms with E-state index in [0.29, 0.717) is 12.5 Å². The molecule has 1 aromatic rings. The van der Waals surface area contributed by atoms with Gasteiger partial charge in [0.2, 0.25) is 0 Å². The van der Waals surface area contributed by atoms with E-state index in [1.807, 2.05) is 31.2 Å². The Morgan fingerprint density at radius 2 is 1.95 bits per heavy atom. The maximum absolute atomic E-state index is 12.2. The molecule has 1 aromatic carbocycles. The minimum atomic E-state index is 0.274. The topological polar surface area (TPSA) is 20.3 Å². The van der Waals surface area contributed by atoms with Crippen LogP contribution in [0.2, 0.25) is 0 Å². The van der Waals surface area contributed by atoms with E-state index in [4.69, 9.17) is 0 Å². The van der Waals surface area contributed by atoms with Crippen molar-refractivity contribution in [2.75, 3.05) is 13.1 Å². The van der Waals surface area contributed by atoms with E-state index in [2.05, 4.69) is 11.8 Å². The van der Waals surface area contributed by atoms with Crippen LogP contribution in [-0.4, -0.2) is 29.8 Å². The van der Waals surface area contributed by atoms with Crippen LogP contribution in [0, 0.1) is 6.92 Å². The van der Waals surface area contributed by atoms with E-state index in [1.54, 1.807) is 0 Å². The Morgan fingerprint density at radius 1 is 1.21 bits per heavy atom. The van der Waals surface area contributed by atoms with Gasteiger partial charge in [0.05, 0.1) is 0 Å². The summed E-state index contributed by atoms with van der Waals surface area (Å²) in [5.41, 5.74) is 2.06. The van der Waals surface area contributed by atoms with Crippen molar-refractivity contribution in [2.24, 2.45) is 0 Å². The van der Waals surface area contributed by atoms with E-state index in [0.717, 1.165) is 18.7 Å². The van der Waals surface area contributed by atoms with Gasteiger partial charge >= 0.3 is 0 Å². The average molecular weight is 259 g/mol. The molecule has 0 amide bonds. The lowest BCUT2D eigenvalue weighted by atomic mass is 10.1. The molecule has 0 saturated carbocycles. The molecule has 1 saturated heterocycles. The van der Waals surface area contributed by atoms with Gasteiger partial charge in [0, 0.05) is 24.6 Å². The number of Topliss-reactive ketones (excluding diaryl/α,β-unsaturated/α-hetero) is 1. The number of hydrogen-bond donors (Lipinski definition) is 0. The third-order valence-corrected chi connectivity index (χ3v) is 4.19. The summed E-state index contributed by atoms with van der Waals surface area (Å²) in [6.45, 7) is 6.41. The highest BCUT2D eigenvalue weighted by molar-refractivity contribution is 5.96. The molecule has 2 heteroatoms. The van der Waals surface area contributed by atoms with Gasteiger partial charge in [-0.1, -0.05) is 42.7 Å². The number of hydrogen-bond acceptors (Lipinski definition) is 2. The van der Waals surface area contributed by atoms with Crippen LogP contribution in [0.25, 0.3) is 0 Å². The van der Waals surface area contributed by atoms with E-state index >= 15 is 0 Å². The zero-order valence-electron chi connectivity index (χ0n) is 12.2. The van der Waals surface area contributed by atoms with Gasteiger partial charge in [-0.3, -0.25) is 4.79 Å². The molecule has 1 aliphatic heterocycles. The van der Waals surface area contributed by atoms with Crippen molar-refractivity contribution in [2.45, 2.75) is 52.0 Å². The predicted octanol–water partition coefficient (Wildman–Crippen LogP) is 3.83. The van der Waals surface area contributed by atoms with E-state index < -0.39 is 0 Å². The summed E-state index contributed by atoms with van der Waals surface area (Å²) in [7, 11) is 0. The van der Waals surface area contributed by atoms with Crippen LogP contribution in [0.4, 0.5) is 0 Å². The van der Waals surface area contributed by atoms with Crippen molar-refractivity contribution >= 4 is 5.78 Å². The van der Waals surface area contributed by atoms with Crippen molar-refractivity contribution in [1.82, 2.24) is 4.90 Å². The number of ketones is 1. The maximum atomic E-state index is 12.2. The highest BCUT2D eigenvalue weighted by atomic mass is 16.1. The summed E-state index contributed by atoms with van der Waals surface area (Å²) < 4.78 is 0. The van der Waals surface area contributed by atoms with Crippen molar-refractivity contribution in [3.05, 3.63) is 35.4 Å². The summed E-state index contributed by atoms with van der Waals surface area (Å²) in [5, 5.41) is 0. The first-order valence-corrected chi connectivity index (χ1v) is 7.51. The van der Waals surface area contributed by atoms with Gasteiger partial charge in [-0.15, -0.1) is 0 Å². The van der Waals surface area contributed by atoms with Crippen LogP contribution in [0.3, 0.4) is 0 Å². The summed E-state index contributed by atoms with van der Waals surface area (Å²) in [5.74, 6) is 0.274. The summed E-state index contributed by atoms with van der Waals surface area (Å²) >= 11 is 0. The van der Waals surface area contributed by atoms with Crippen molar-refractivity contribution in [3.63, 3.8) is 0 Å². The highest BCUT2D eigenvalue weighted by Gasteiger charge is 2.17. The maximum Gasteiger partial charge on any atom is 0.164 e. The first kappa shape index (κ1) is 14.3. The molecule has 2 rings (SSSR count). The van der Waals surface area contributed by atoms with Gasteiger partial charge in [-0.25, -0.2) is 0 Å². The van der Waals surface area contributed by atoms with Gasteiger partial charge in [0.1, 0.15) is 0 Å². The average Bonchev–Trinajstić information content (AvgIpc) is 2.61. The molecule has 0 aliphatic carbocycles. The molecule has 0 spiro atoms. The number of rotatable bonds is 4. The highest BCUT2D eigenvalue weighted by Crippen LogP contribution is 2.17. The Morgan fingerprint density at radius 3 is 2.68 bits per heavy atom. The van der Waals surface area contributed by atoms with Crippen LogP contribution in [0.1, 0.15) is 54.9 Å². The standard InChI is InChI=1S/C17H25NO/c1-14-7-9-16(10-8-14)17(19)11-13-18-12-5-3-4-6-15(18)2/h7-10,15H,3-6,11-13H2,1-2H3. The second-order valence-corrected chi connectivity index (χ2v) is 5.77. The number of likely N-dealkylation sites (tertiary alicyclic amines) is 1. The zero-order chi connectivity index (χ0) is 13.7. The lowest BCUT2D eigenvalue weighted by Gasteiger charge is -2.26. The lowest BCUT2D eigenvalue weighted by molar-refractivity contribution is 0.0954. The molecule has 0 radical (unpaired) electrons. The molecule has 1 aliphatic rings. The molecule has 1 unspecified atom stereocenters. The SMILES string of the molecule is Cc1ccc(C(=O)CCN2CCCCCC2C)cc1. The monoisotopic (exact) mass is 259 g/mol. The number of aryl methyl sites for hydroxylation is 1. The van der Waals surface area contributed by atoms with Gasteiger partial charge in [0.15, 0.2) is 5.78 Å². The normalized spacial score (nSPS) is 21.1. The Hall–Kier alpha value is -1.15. The van der Waals surface area contributed by atoms with Crippen molar-refractivity contribution < 1.29 is 4.79 Å². The van der Waals surface area contributed by atoms with Crippen LogP contribution < -0.4 is 0 Å². The molecule has 0 bridgehead atoms. The Balaban J connectivity index is 1.87. The number of carbonyl (C=O) groups is 1. The summed E-state index contributed by atoms with van der Waals surface area (Å²) in [4.78, 5) is 14.6. The van der Waals surface area contributed by atoms with Crippen molar-refractivity contribution in [1.29, 1.82) is 0 Å². The van der Waals surface area contributed by atoms with Gasteiger partial charge in [0.25, 0.3) is 0 Å². The Labute approximate surface area is 116 Å². The van der Waals surface area contributed by atoms with Crippen molar-refractivity contribution in [3.8, 4) is 0 Å². The third kappa shape index (κ3) is 4.17. The van der Waals surface area contributed by atoms with Crippen LogP contribution in [0.15, 0.2) is 24.3 Å². The van der Waals surface area contributed by atoms with E-state index in [-0.39, 0.29) is 5.78 Å². The molecule has 1 heterocycles. The van der Waals surface area contributed by atoms with Gasteiger partial charge in [-0.2, -0.15) is 0 Å². The second-order valence-electron chi connectivity index (χ2n) is 5.77. The molecule has 2 nitrogen and oxygen atoms in total. The molecule has 0 aromatic heterocycles. The quantitative estimate of drug-likeness (QED) is 0.766. The number of benzene rings is 1. The summed E-state index contributed by atoms with van der Waals surface area (Å²) in [6, 6.07) is 8.56. The van der Waals surface area contributed by atoms with E-state index in [9.17, 15) is 4.79 Å². The number of carbonyl (C=O) groups excluding carboxylic acids is 1. The molecular weight excluding hydrogens is 234 g/mol. The molecule has 19 heavy (non-hydrogen) atoms. The fourth-order valence-corrected chi connectivity index (χ4v) is 2.80. The second kappa shape index (κ2) is 6.85. The van der Waals surface area contributed by atoms with Crippen LogP contribution in [-0.2, 0) is 0 Å². The third-order valence-electron chi connectivity index (χ3n) is 4.19. The lowest BCUT2D eigenvalue weighted by Crippen LogP contribution is -2.34. The molecular formula is C17H25NO. The first-order valence-electron chi connectivity index (χ1n) is 7.51. The smallest absolute Gasteiger partial charge is 0.164 e. The number of nitrogens with zero attached hydrogens (tertiary/aromatic N) is 1. The Bertz CT molecular complexity index is 410. The fourth-order valence-electron chi connectivity index (χ4n) is 2.80. The molecule has 1 fully saturated rings. The molecule has 104 valence electrons. The molecule has 1 atom stereocenters. The largest absolute Gasteiger partial charge is 0.300 e. The van der Waals surface area contributed by atoms with Crippen LogP contribution in [0.5, 0.6) is 0 Å². The first-order chi connectivity index (χ1) is 9.16. The fraction of sp³-hybridized carbons (Fsp3) is 0.588. The zero-order valence-corrected chi connectivity index (χ0v) is 12.2. The predicted molar refractivity (Wildman–Crippen MR) is 79.6 cm³/mol. The van der Waals surface area contributed by atoms with Gasteiger partial charge < -0.3 is 4.90 Å². The van der Waals surface area contributed by atoms with Crippen LogP contribution >= 0.6 is 0 Å². The minimum Gasteiger partial charge on any atom is -0.300 e. The Kier molecular flexibility index (Phi) is 5.15. The minimum absolute atomic E-state index is 0.274. The van der Waals surface area contributed by atoms with Gasteiger partial charge in [-0.05, 0) is 33.2 Å².